The van der Waals surface area contributed by atoms with Crippen LogP contribution in [-0.2, 0) is 24.2 Å². The molecule has 4 heteroatoms. The van der Waals surface area contributed by atoms with Crippen molar-refractivity contribution in [1.82, 2.24) is 14.9 Å². The van der Waals surface area contributed by atoms with Crippen LogP contribution in [0, 0.1) is 13.8 Å². The Bertz CT molecular complexity index is 1180. The molecule has 30 heavy (non-hydrogen) atoms. The van der Waals surface area contributed by atoms with Gasteiger partial charge in [-0.25, -0.2) is 4.98 Å². The number of hydrogen-bond donors (Lipinski definition) is 1. The minimum atomic E-state index is 0.0469. The van der Waals surface area contributed by atoms with Crippen LogP contribution >= 0.6 is 0 Å². The second kappa shape index (κ2) is 8.95. The Morgan fingerprint density at radius 2 is 1.77 bits per heavy atom. The van der Waals surface area contributed by atoms with Crippen LogP contribution in [0.15, 0.2) is 72.8 Å². The Kier molecular flexibility index (Phi) is 5.94. The fourth-order valence-corrected chi connectivity index (χ4v) is 3.84. The largest absolute Gasteiger partial charge is 0.355 e. The van der Waals surface area contributed by atoms with Crippen molar-refractivity contribution in [3.8, 4) is 0 Å². The van der Waals surface area contributed by atoms with E-state index in [4.69, 9.17) is 4.98 Å². The van der Waals surface area contributed by atoms with Gasteiger partial charge in [-0.1, -0.05) is 66.2 Å². The smallest absolute Gasteiger partial charge is 0.224 e. The van der Waals surface area contributed by atoms with Crippen LogP contribution in [0.2, 0.25) is 0 Å². The number of carbonyl (C=O) groups is 1. The summed E-state index contributed by atoms with van der Waals surface area (Å²) in [5.74, 6) is 1.04. The zero-order chi connectivity index (χ0) is 20.9. The third kappa shape index (κ3) is 4.60. The van der Waals surface area contributed by atoms with Gasteiger partial charge in [0.25, 0.3) is 0 Å². The fraction of sp³-hybridized carbons (Fsp3) is 0.231. The molecule has 4 nitrogen and oxygen atoms in total. The summed E-state index contributed by atoms with van der Waals surface area (Å²) in [7, 11) is 0. The lowest BCUT2D eigenvalue weighted by Gasteiger charge is -2.11. The predicted molar refractivity (Wildman–Crippen MR) is 122 cm³/mol. The maximum absolute atomic E-state index is 12.4. The van der Waals surface area contributed by atoms with Gasteiger partial charge in [0.05, 0.1) is 17.5 Å². The Morgan fingerprint density at radius 1 is 0.967 bits per heavy atom. The van der Waals surface area contributed by atoms with Crippen LogP contribution in [0.3, 0.4) is 0 Å². The van der Waals surface area contributed by atoms with Gasteiger partial charge >= 0.3 is 0 Å². The molecule has 1 heterocycles. The summed E-state index contributed by atoms with van der Waals surface area (Å²) in [5, 5.41) is 3.06. The van der Waals surface area contributed by atoms with Crippen LogP contribution in [0.4, 0.5) is 0 Å². The van der Waals surface area contributed by atoms with Gasteiger partial charge in [-0.2, -0.15) is 0 Å². The third-order valence-electron chi connectivity index (χ3n) is 5.44. The minimum Gasteiger partial charge on any atom is -0.355 e. The van der Waals surface area contributed by atoms with Crippen molar-refractivity contribution in [2.24, 2.45) is 0 Å². The number of aromatic nitrogens is 2. The highest BCUT2D eigenvalue weighted by Crippen LogP contribution is 2.19. The fourth-order valence-electron chi connectivity index (χ4n) is 3.84. The quantitative estimate of drug-likeness (QED) is 0.495. The number of hydrogen-bond acceptors (Lipinski definition) is 2. The molecule has 0 fully saturated rings. The number of aryl methyl sites for hydroxylation is 2. The number of benzene rings is 3. The van der Waals surface area contributed by atoms with Gasteiger partial charge < -0.3 is 9.88 Å². The number of nitrogens with one attached hydrogen (secondary N) is 1. The van der Waals surface area contributed by atoms with E-state index in [-0.39, 0.29) is 5.91 Å². The average Bonchev–Trinajstić information content (AvgIpc) is 3.07. The highest BCUT2D eigenvalue weighted by Gasteiger charge is 2.12. The molecule has 0 aliphatic rings. The van der Waals surface area contributed by atoms with Gasteiger partial charge in [0, 0.05) is 19.5 Å². The zero-order valence-electron chi connectivity index (χ0n) is 17.6. The minimum absolute atomic E-state index is 0.0469. The zero-order valence-corrected chi connectivity index (χ0v) is 17.6. The maximum atomic E-state index is 12.4. The average molecular weight is 398 g/mol. The monoisotopic (exact) mass is 397 g/mol. The van der Waals surface area contributed by atoms with Gasteiger partial charge in [0.2, 0.25) is 5.91 Å². The lowest BCUT2D eigenvalue weighted by atomic mass is 10.1. The summed E-state index contributed by atoms with van der Waals surface area (Å²) in [5.41, 5.74) is 6.84. The normalized spacial score (nSPS) is 11.0. The van der Waals surface area contributed by atoms with Crippen LogP contribution < -0.4 is 5.32 Å². The Hall–Kier alpha value is -3.40. The van der Waals surface area contributed by atoms with E-state index in [0.717, 1.165) is 34.5 Å². The number of para-hydroxylation sites is 2. The molecule has 152 valence electrons. The second-order valence-corrected chi connectivity index (χ2v) is 7.80. The molecule has 0 unspecified atom stereocenters. The topological polar surface area (TPSA) is 46.9 Å². The van der Waals surface area contributed by atoms with E-state index in [1.807, 2.05) is 49.4 Å². The third-order valence-corrected chi connectivity index (χ3v) is 5.44. The summed E-state index contributed by atoms with van der Waals surface area (Å²) < 4.78 is 2.26. The molecule has 4 rings (SSSR count). The number of amides is 1. The van der Waals surface area contributed by atoms with E-state index in [9.17, 15) is 4.79 Å². The molecule has 0 saturated heterocycles. The number of imidazole rings is 1. The van der Waals surface area contributed by atoms with Crippen molar-refractivity contribution in [2.75, 3.05) is 6.54 Å². The highest BCUT2D eigenvalue weighted by molar-refractivity contribution is 5.79. The molecule has 0 saturated carbocycles. The number of nitrogens with zero attached hydrogens (tertiary/aromatic N) is 2. The summed E-state index contributed by atoms with van der Waals surface area (Å²) >= 11 is 0. The van der Waals surface area contributed by atoms with E-state index >= 15 is 0 Å². The number of fused-ring (bicyclic) bond motifs is 1. The van der Waals surface area contributed by atoms with Gasteiger partial charge in [-0.3, -0.25) is 4.79 Å². The SMILES string of the molecule is Cc1cccc(Cn2c(CCNC(=O)Cc3ccccc3C)nc3ccccc32)c1. The molecule has 4 aromatic rings. The summed E-state index contributed by atoms with van der Waals surface area (Å²) in [6, 6.07) is 24.8. The molecule has 1 amide bonds. The van der Waals surface area contributed by atoms with E-state index in [0.29, 0.717) is 19.4 Å². The molecule has 0 bridgehead atoms. The molecule has 3 aromatic carbocycles. The van der Waals surface area contributed by atoms with Crippen LogP contribution in [0.25, 0.3) is 11.0 Å². The summed E-state index contributed by atoms with van der Waals surface area (Å²) in [4.78, 5) is 17.2. The van der Waals surface area contributed by atoms with Crippen molar-refractivity contribution in [3.63, 3.8) is 0 Å². The molecule has 0 aliphatic heterocycles. The summed E-state index contributed by atoms with van der Waals surface area (Å²) in [6.07, 6.45) is 1.10. The lowest BCUT2D eigenvalue weighted by molar-refractivity contribution is -0.120. The Balaban J connectivity index is 1.47. The Labute approximate surface area is 177 Å². The molecular formula is C26H27N3O. The molecule has 0 atom stereocenters. The number of rotatable bonds is 7. The van der Waals surface area contributed by atoms with Crippen LogP contribution in [-0.4, -0.2) is 22.0 Å². The molecule has 0 spiro atoms. The van der Waals surface area contributed by atoms with Crippen molar-refractivity contribution in [1.29, 1.82) is 0 Å². The molecule has 1 N–H and O–H groups in total. The molecule has 0 aliphatic carbocycles. The van der Waals surface area contributed by atoms with E-state index in [2.05, 4.69) is 47.1 Å². The number of carbonyl (C=O) groups excluding carboxylic acids is 1. The van der Waals surface area contributed by atoms with Crippen molar-refractivity contribution in [2.45, 2.75) is 33.2 Å². The first-order chi connectivity index (χ1) is 14.6. The van der Waals surface area contributed by atoms with Gasteiger partial charge in [-0.15, -0.1) is 0 Å². The van der Waals surface area contributed by atoms with Crippen molar-refractivity contribution < 1.29 is 4.79 Å². The van der Waals surface area contributed by atoms with E-state index in [1.54, 1.807) is 0 Å². The van der Waals surface area contributed by atoms with Crippen LogP contribution in [0.5, 0.6) is 0 Å². The van der Waals surface area contributed by atoms with Crippen molar-refractivity contribution in [3.05, 3.63) is 101 Å². The first-order valence-electron chi connectivity index (χ1n) is 10.4. The first-order valence-corrected chi connectivity index (χ1v) is 10.4. The first kappa shape index (κ1) is 19.9. The molecule has 1 aromatic heterocycles. The van der Waals surface area contributed by atoms with E-state index < -0.39 is 0 Å². The molecular weight excluding hydrogens is 370 g/mol. The van der Waals surface area contributed by atoms with E-state index in [1.165, 1.54) is 11.1 Å². The highest BCUT2D eigenvalue weighted by atomic mass is 16.1. The lowest BCUT2D eigenvalue weighted by Crippen LogP contribution is -2.28. The predicted octanol–water partition coefficient (Wildman–Crippen LogP) is 4.60. The van der Waals surface area contributed by atoms with Gasteiger partial charge in [0.15, 0.2) is 0 Å². The Morgan fingerprint density at radius 3 is 2.60 bits per heavy atom. The molecule has 0 radical (unpaired) electrons. The summed E-state index contributed by atoms with van der Waals surface area (Å²) in [6.45, 7) is 5.49. The van der Waals surface area contributed by atoms with Gasteiger partial charge in [0.1, 0.15) is 5.82 Å². The maximum Gasteiger partial charge on any atom is 0.224 e. The van der Waals surface area contributed by atoms with Crippen molar-refractivity contribution >= 4 is 16.9 Å². The standard InChI is InChI=1S/C26H27N3O/c1-19-8-7-10-21(16-19)18-29-24-13-6-5-12-23(24)28-25(29)14-15-27-26(30)17-22-11-4-3-9-20(22)2/h3-13,16H,14-15,17-18H2,1-2H3,(H,27,30). The van der Waals surface area contributed by atoms with Crippen LogP contribution in [0.1, 0.15) is 28.1 Å². The van der Waals surface area contributed by atoms with Gasteiger partial charge in [-0.05, 0) is 42.7 Å². The second-order valence-electron chi connectivity index (χ2n) is 7.80.